The summed E-state index contributed by atoms with van der Waals surface area (Å²) in [7, 11) is -0.737. The van der Waals surface area contributed by atoms with Gasteiger partial charge < -0.3 is 19.0 Å². The number of ether oxygens (including phenoxy) is 2. The summed E-state index contributed by atoms with van der Waals surface area (Å²) in [5, 5.41) is 9.61. The molecule has 138 valence electrons. The summed E-state index contributed by atoms with van der Waals surface area (Å²) in [6.07, 6.45) is -1.48. The maximum absolute atomic E-state index is 11.2. The molecule has 0 spiro atoms. The quantitative estimate of drug-likeness (QED) is 0.232. The third-order valence-electron chi connectivity index (χ3n) is 4.38. The molecule has 0 aromatic rings. The van der Waals surface area contributed by atoms with E-state index in [2.05, 4.69) is 68.9 Å². The maximum Gasteiger partial charge on any atom is 0.337 e. The lowest BCUT2D eigenvalue weighted by molar-refractivity contribution is -0.155. The number of aliphatic hydroxyl groups excluding tert-OH is 1. The first-order valence-electron chi connectivity index (χ1n) is 8.19. The van der Waals surface area contributed by atoms with Crippen LogP contribution >= 0.6 is 22.6 Å². The zero-order chi connectivity index (χ0) is 18.4. The van der Waals surface area contributed by atoms with Crippen LogP contribution in [0.2, 0.25) is 16.6 Å². The van der Waals surface area contributed by atoms with Gasteiger partial charge in [0.2, 0.25) is 8.32 Å². The van der Waals surface area contributed by atoms with Crippen molar-refractivity contribution in [2.75, 3.05) is 13.7 Å². The summed E-state index contributed by atoms with van der Waals surface area (Å²) < 4.78 is 16.6. The second-order valence-electron chi connectivity index (χ2n) is 6.86. The predicted molar refractivity (Wildman–Crippen MR) is 103 cm³/mol. The van der Waals surface area contributed by atoms with Crippen molar-refractivity contribution in [3.8, 4) is 0 Å². The molecular formula is C16H33IO5Si. The lowest BCUT2D eigenvalue weighted by Gasteiger charge is -2.44. The molecule has 0 heterocycles. The molecule has 1 N–H and O–H groups in total. The molecule has 0 radical (unpaired) electrons. The number of alkyl halides is 1. The molecule has 2 unspecified atom stereocenters. The Kier molecular flexibility index (Phi) is 10.5. The van der Waals surface area contributed by atoms with Gasteiger partial charge >= 0.3 is 5.97 Å². The van der Waals surface area contributed by atoms with E-state index >= 15 is 0 Å². The van der Waals surface area contributed by atoms with Gasteiger partial charge in [-0.15, -0.1) is 0 Å². The van der Waals surface area contributed by atoms with Gasteiger partial charge in [-0.05, 0) is 46.1 Å². The van der Waals surface area contributed by atoms with Crippen molar-refractivity contribution in [3.05, 3.63) is 0 Å². The summed E-state index contributed by atoms with van der Waals surface area (Å²) in [6, 6.07) is 0. The molecule has 0 saturated heterocycles. The molecule has 0 aliphatic heterocycles. The number of esters is 1. The van der Waals surface area contributed by atoms with Gasteiger partial charge in [0.15, 0.2) is 6.10 Å². The number of rotatable bonds is 10. The molecule has 0 aliphatic rings. The number of hydrogen-bond acceptors (Lipinski definition) is 5. The van der Waals surface area contributed by atoms with Crippen molar-refractivity contribution < 1.29 is 23.8 Å². The van der Waals surface area contributed by atoms with E-state index in [-0.39, 0.29) is 16.8 Å². The highest BCUT2D eigenvalue weighted by molar-refractivity contribution is 14.1. The molecule has 3 atom stereocenters. The van der Waals surface area contributed by atoms with Crippen LogP contribution in [-0.2, 0) is 18.7 Å². The molecule has 7 heteroatoms. The monoisotopic (exact) mass is 460 g/mol. The van der Waals surface area contributed by atoms with Crippen LogP contribution in [0.1, 0.15) is 48.5 Å². The van der Waals surface area contributed by atoms with Crippen LogP contribution in [0.25, 0.3) is 0 Å². The minimum atomic E-state index is -1.98. The SMILES string of the molecule is COC(=O)C(O)COC(C)[C@@H](I)O[Si](C(C)C)(C(C)C)C(C)C. The normalized spacial score (nSPS) is 16.7. The Morgan fingerprint density at radius 2 is 1.48 bits per heavy atom. The van der Waals surface area contributed by atoms with Crippen molar-refractivity contribution in [3.63, 3.8) is 0 Å². The number of aliphatic hydroxyl groups is 1. The average molecular weight is 460 g/mol. The van der Waals surface area contributed by atoms with Crippen LogP contribution in [0.15, 0.2) is 0 Å². The van der Waals surface area contributed by atoms with E-state index < -0.39 is 20.4 Å². The van der Waals surface area contributed by atoms with Gasteiger partial charge in [-0.1, -0.05) is 41.5 Å². The van der Waals surface area contributed by atoms with Gasteiger partial charge in [-0.2, -0.15) is 0 Å². The van der Waals surface area contributed by atoms with Crippen LogP contribution in [0.3, 0.4) is 0 Å². The molecule has 0 bridgehead atoms. The first-order chi connectivity index (χ1) is 10.5. The van der Waals surface area contributed by atoms with Crippen molar-refractivity contribution >= 4 is 36.9 Å². The van der Waals surface area contributed by atoms with Crippen molar-refractivity contribution in [1.29, 1.82) is 0 Å². The van der Waals surface area contributed by atoms with Crippen LogP contribution in [-0.4, -0.2) is 49.4 Å². The van der Waals surface area contributed by atoms with E-state index in [1.54, 1.807) is 0 Å². The van der Waals surface area contributed by atoms with Crippen LogP contribution in [0.5, 0.6) is 0 Å². The van der Waals surface area contributed by atoms with Crippen molar-refractivity contribution in [1.82, 2.24) is 0 Å². The Morgan fingerprint density at radius 1 is 1.04 bits per heavy atom. The van der Waals surface area contributed by atoms with Crippen LogP contribution in [0.4, 0.5) is 0 Å². The van der Waals surface area contributed by atoms with Crippen LogP contribution < -0.4 is 0 Å². The first kappa shape index (κ1) is 23.3. The van der Waals surface area contributed by atoms with E-state index in [4.69, 9.17) is 9.16 Å². The highest BCUT2D eigenvalue weighted by Gasteiger charge is 2.47. The number of carbonyl (C=O) groups excluding carboxylic acids is 1. The molecule has 0 rings (SSSR count). The summed E-state index contributed by atoms with van der Waals surface area (Å²) in [6.45, 7) is 15.2. The molecule has 5 nitrogen and oxygen atoms in total. The largest absolute Gasteiger partial charge is 0.467 e. The highest BCUT2D eigenvalue weighted by atomic mass is 127. The van der Waals surface area contributed by atoms with Gasteiger partial charge in [0.25, 0.3) is 0 Å². The Morgan fingerprint density at radius 3 is 1.83 bits per heavy atom. The zero-order valence-corrected chi connectivity index (χ0v) is 18.8. The summed E-state index contributed by atoms with van der Waals surface area (Å²) in [4.78, 5) is 11.2. The maximum atomic E-state index is 11.2. The van der Waals surface area contributed by atoms with Gasteiger partial charge in [0.05, 0.1) is 19.8 Å². The molecule has 0 amide bonds. The molecular weight excluding hydrogens is 427 g/mol. The van der Waals surface area contributed by atoms with E-state index in [9.17, 15) is 9.90 Å². The molecule has 0 aromatic carbocycles. The van der Waals surface area contributed by atoms with Gasteiger partial charge in [0, 0.05) is 0 Å². The third-order valence-corrected chi connectivity index (χ3v) is 12.2. The summed E-state index contributed by atoms with van der Waals surface area (Å²) in [5.74, 6) is -0.682. The van der Waals surface area contributed by atoms with Crippen molar-refractivity contribution in [2.45, 2.75) is 81.4 Å². The smallest absolute Gasteiger partial charge is 0.337 e. The number of methoxy groups -OCH3 is 1. The van der Waals surface area contributed by atoms with E-state index in [0.717, 1.165) is 0 Å². The summed E-state index contributed by atoms with van der Waals surface area (Å²) in [5.41, 5.74) is 1.48. The fourth-order valence-electron chi connectivity index (χ4n) is 3.22. The molecule has 0 fully saturated rings. The second kappa shape index (κ2) is 10.3. The highest BCUT2D eigenvalue weighted by Crippen LogP contribution is 2.44. The Bertz CT molecular complexity index is 341. The Hall–Kier alpha value is 0.297. The van der Waals surface area contributed by atoms with E-state index in [1.807, 2.05) is 6.92 Å². The average Bonchev–Trinajstić information content (AvgIpc) is 2.47. The summed E-state index contributed by atoms with van der Waals surface area (Å²) >= 11 is 2.26. The lowest BCUT2D eigenvalue weighted by atomic mass is 10.4. The van der Waals surface area contributed by atoms with Crippen LogP contribution in [0, 0.1) is 0 Å². The molecule has 0 aliphatic carbocycles. The fourth-order valence-corrected chi connectivity index (χ4v) is 10.1. The Balaban J connectivity index is 4.87. The first-order valence-corrected chi connectivity index (χ1v) is 11.6. The minimum absolute atomic E-state index is 0.0870. The fraction of sp³-hybridized carbons (Fsp3) is 0.938. The predicted octanol–water partition coefficient (Wildman–Crippen LogP) is 3.88. The van der Waals surface area contributed by atoms with Gasteiger partial charge in [0.1, 0.15) is 4.11 Å². The molecule has 0 saturated carbocycles. The number of carbonyl (C=O) groups is 1. The van der Waals surface area contributed by atoms with Gasteiger partial charge in [-0.3, -0.25) is 0 Å². The van der Waals surface area contributed by atoms with Gasteiger partial charge in [-0.25, -0.2) is 4.79 Å². The van der Waals surface area contributed by atoms with Crippen molar-refractivity contribution in [2.24, 2.45) is 0 Å². The topological polar surface area (TPSA) is 65.0 Å². The van der Waals surface area contributed by atoms with E-state index in [0.29, 0.717) is 16.6 Å². The lowest BCUT2D eigenvalue weighted by Crippen LogP contribution is -2.51. The molecule has 23 heavy (non-hydrogen) atoms. The standard InChI is InChI=1S/C16H33IO5Si/c1-10(2)23(11(3)4,12(5)6)22-15(17)13(7)21-9-14(18)16(19)20-8/h10-15,18H,9H2,1-8H3/t13?,14?,15-/m0/s1. The number of hydrogen-bond donors (Lipinski definition) is 1. The zero-order valence-electron chi connectivity index (χ0n) is 15.6. The Labute approximate surface area is 155 Å². The second-order valence-corrected chi connectivity index (χ2v) is 13.5. The minimum Gasteiger partial charge on any atom is -0.467 e. The molecule has 0 aromatic heterocycles. The number of halogens is 1. The van der Waals surface area contributed by atoms with E-state index in [1.165, 1.54) is 7.11 Å². The third kappa shape index (κ3) is 6.26.